The monoisotopic (exact) mass is 278 g/mol. The van der Waals surface area contributed by atoms with Crippen LogP contribution in [0.4, 0.5) is 11.4 Å². The number of amides is 1. The number of aryl methyl sites for hydroxylation is 2. The summed E-state index contributed by atoms with van der Waals surface area (Å²) in [4.78, 5) is 12.1. The van der Waals surface area contributed by atoms with Crippen LogP contribution in [-0.4, -0.2) is 15.7 Å². The van der Waals surface area contributed by atoms with Gasteiger partial charge in [0.05, 0.1) is 27.8 Å². The molecule has 19 heavy (non-hydrogen) atoms. The van der Waals surface area contributed by atoms with Gasteiger partial charge in [-0.2, -0.15) is 5.10 Å². The Hall–Kier alpha value is -2.01. The van der Waals surface area contributed by atoms with Crippen LogP contribution < -0.4 is 11.1 Å². The molecule has 1 heterocycles. The smallest absolute Gasteiger partial charge is 0.255 e. The van der Waals surface area contributed by atoms with Gasteiger partial charge in [0.15, 0.2) is 0 Å². The standard InChI is InChI=1S/C13H15ClN4O/c1-7-12(8(2)18(3)17-7)16-13(19)9-4-5-11(15)10(14)6-9/h4-6H,15H2,1-3H3,(H,16,19). The van der Waals surface area contributed by atoms with Gasteiger partial charge in [-0.15, -0.1) is 0 Å². The Morgan fingerprint density at radius 1 is 1.42 bits per heavy atom. The average Bonchev–Trinajstić information content (AvgIpc) is 2.59. The van der Waals surface area contributed by atoms with Gasteiger partial charge in [-0.3, -0.25) is 9.48 Å². The van der Waals surface area contributed by atoms with Crippen molar-refractivity contribution in [3.05, 3.63) is 40.2 Å². The van der Waals surface area contributed by atoms with Crippen LogP contribution in [0.3, 0.4) is 0 Å². The molecule has 5 nitrogen and oxygen atoms in total. The van der Waals surface area contributed by atoms with E-state index in [1.54, 1.807) is 22.9 Å². The maximum atomic E-state index is 12.1. The van der Waals surface area contributed by atoms with Crippen LogP contribution in [-0.2, 0) is 7.05 Å². The Kier molecular flexibility index (Phi) is 3.48. The van der Waals surface area contributed by atoms with E-state index in [-0.39, 0.29) is 5.91 Å². The SMILES string of the molecule is Cc1nn(C)c(C)c1NC(=O)c1ccc(N)c(Cl)c1. The van der Waals surface area contributed by atoms with E-state index in [9.17, 15) is 4.79 Å². The Balaban J connectivity index is 2.28. The summed E-state index contributed by atoms with van der Waals surface area (Å²) in [5.41, 5.74) is 8.92. The highest BCUT2D eigenvalue weighted by atomic mass is 35.5. The number of halogens is 1. The van der Waals surface area contributed by atoms with E-state index in [2.05, 4.69) is 10.4 Å². The number of aromatic nitrogens is 2. The fourth-order valence-electron chi connectivity index (χ4n) is 1.81. The van der Waals surface area contributed by atoms with Crippen molar-refractivity contribution < 1.29 is 4.79 Å². The number of nitrogens with two attached hydrogens (primary N) is 1. The van der Waals surface area contributed by atoms with E-state index in [4.69, 9.17) is 17.3 Å². The molecule has 0 atom stereocenters. The molecular formula is C13H15ClN4O. The highest BCUT2D eigenvalue weighted by Gasteiger charge is 2.14. The number of nitrogens with zero attached hydrogens (tertiary/aromatic N) is 2. The fourth-order valence-corrected chi connectivity index (χ4v) is 1.99. The minimum absolute atomic E-state index is 0.235. The minimum atomic E-state index is -0.235. The zero-order valence-corrected chi connectivity index (χ0v) is 11.7. The van der Waals surface area contributed by atoms with Gasteiger partial charge in [-0.05, 0) is 32.0 Å². The van der Waals surface area contributed by atoms with Gasteiger partial charge in [-0.1, -0.05) is 11.6 Å². The van der Waals surface area contributed by atoms with Gasteiger partial charge >= 0.3 is 0 Å². The molecule has 100 valence electrons. The van der Waals surface area contributed by atoms with E-state index in [1.807, 2.05) is 20.9 Å². The van der Waals surface area contributed by atoms with Crippen LogP contribution >= 0.6 is 11.6 Å². The molecular weight excluding hydrogens is 264 g/mol. The number of carbonyl (C=O) groups is 1. The first kappa shape index (κ1) is 13.4. The van der Waals surface area contributed by atoms with Gasteiger partial charge in [0, 0.05) is 12.6 Å². The lowest BCUT2D eigenvalue weighted by atomic mass is 10.2. The lowest BCUT2D eigenvalue weighted by Gasteiger charge is -2.07. The quantitative estimate of drug-likeness (QED) is 0.829. The Labute approximate surface area is 116 Å². The predicted molar refractivity (Wildman–Crippen MR) is 76.5 cm³/mol. The summed E-state index contributed by atoms with van der Waals surface area (Å²) in [6.07, 6.45) is 0. The molecule has 0 radical (unpaired) electrons. The normalized spacial score (nSPS) is 10.5. The molecule has 3 N–H and O–H groups in total. The zero-order chi connectivity index (χ0) is 14.2. The van der Waals surface area contributed by atoms with Crippen molar-refractivity contribution in [1.82, 2.24) is 9.78 Å². The summed E-state index contributed by atoms with van der Waals surface area (Å²) in [5, 5.41) is 7.45. The van der Waals surface area contributed by atoms with Crippen molar-refractivity contribution in [3.8, 4) is 0 Å². The second kappa shape index (κ2) is 4.93. The first-order valence-corrected chi connectivity index (χ1v) is 6.14. The first-order chi connectivity index (χ1) is 8.90. The zero-order valence-electron chi connectivity index (χ0n) is 11.0. The van der Waals surface area contributed by atoms with E-state index >= 15 is 0 Å². The van der Waals surface area contributed by atoms with Crippen LogP contribution in [0.15, 0.2) is 18.2 Å². The number of hydrogen-bond acceptors (Lipinski definition) is 3. The maximum absolute atomic E-state index is 12.1. The third kappa shape index (κ3) is 2.56. The summed E-state index contributed by atoms with van der Waals surface area (Å²) in [6.45, 7) is 3.74. The molecule has 0 aliphatic rings. The topological polar surface area (TPSA) is 72.9 Å². The number of hydrogen-bond donors (Lipinski definition) is 2. The van der Waals surface area contributed by atoms with Crippen LogP contribution in [0.2, 0.25) is 5.02 Å². The molecule has 0 unspecified atom stereocenters. The van der Waals surface area contributed by atoms with Gasteiger partial charge in [0.1, 0.15) is 0 Å². The van der Waals surface area contributed by atoms with Crippen molar-refractivity contribution >= 4 is 28.9 Å². The molecule has 0 aliphatic heterocycles. The molecule has 6 heteroatoms. The van der Waals surface area contributed by atoms with E-state index < -0.39 is 0 Å². The van der Waals surface area contributed by atoms with E-state index in [0.717, 1.165) is 17.1 Å². The molecule has 2 aromatic rings. The van der Waals surface area contributed by atoms with Crippen LogP contribution in [0.1, 0.15) is 21.7 Å². The summed E-state index contributed by atoms with van der Waals surface area (Å²) in [7, 11) is 1.83. The minimum Gasteiger partial charge on any atom is -0.398 e. The molecule has 1 aromatic heterocycles. The molecule has 0 fully saturated rings. The van der Waals surface area contributed by atoms with Gasteiger partial charge < -0.3 is 11.1 Å². The third-order valence-electron chi connectivity index (χ3n) is 3.01. The van der Waals surface area contributed by atoms with Crippen molar-refractivity contribution in [2.75, 3.05) is 11.1 Å². The number of carbonyl (C=O) groups excluding carboxylic acids is 1. The van der Waals surface area contributed by atoms with Crippen LogP contribution in [0, 0.1) is 13.8 Å². The molecule has 0 saturated carbocycles. The highest BCUT2D eigenvalue weighted by Crippen LogP contribution is 2.22. The maximum Gasteiger partial charge on any atom is 0.255 e. The Morgan fingerprint density at radius 3 is 2.63 bits per heavy atom. The third-order valence-corrected chi connectivity index (χ3v) is 3.34. The van der Waals surface area contributed by atoms with Crippen molar-refractivity contribution in [2.45, 2.75) is 13.8 Å². The lowest BCUT2D eigenvalue weighted by molar-refractivity contribution is 0.102. The Bertz CT molecular complexity index is 648. The second-order valence-electron chi connectivity index (χ2n) is 4.36. The predicted octanol–water partition coefficient (Wildman–Crippen LogP) is 2.52. The highest BCUT2D eigenvalue weighted by molar-refractivity contribution is 6.33. The van der Waals surface area contributed by atoms with Crippen molar-refractivity contribution in [3.63, 3.8) is 0 Å². The number of benzene rings is 1. The molecule has 1 amide bonds. The van der Waals surface area contributed by atoms with Crippen LogP contribution in [0.25, 0.3) is 0 Å². The summed E-state index contributed by atoms with van der Waals surface area (Å²) in [5.74, 6) is -0.235. The average molecular weight is 279 g/mol. The largest absolute Gasteiger partial charge is 0.398 e. The number of rotatable bonds is 2. The van der Waals surface area contributed by atoms with Gasteiger partial charge in [0.2, 0.25) is 0 Å². The van der Waals surface area contributed by atoms with Crippen molar-refractivity contribution in [1.29, 1.82) is 0 Å². The summed E-state index contributed by atoms with van der Waals surface area (Å²) >= 11 is 5.91. The number of anilines is 2. The molecule has 2 rings (SSSR count). The molecule has 0 aliphatic carbocycles. The molecule has 0 saturated heterocycles. The lowest BCUT2D eigenvalue weighted by Crippen LogP contribution is -2.13. The molecule has 1 aromatic carbocycles. The van der Waals surface area contributed by atoms with Gasteiger partial charge in [-0.25, -0.2) is 0 Å². The van der Waals surface area contributed by atoms with Gasteiger partial charge in [0.25, 0.3) is 5.91 Å². The number of nitrogens with one attached hydrogen (secondary N) is 1. The second-order valence-corrected chi connectivity index (χ2v) is 4.77. The fraction of sp³-hybridized carbons (Fsp3) is 0.231. The number of nitrogen functional groups attached to an aromatic ring is 1. The van der Waals surface area contributed by atoms with Crippen molar-refractivity contribution in [2.24, 2.45) is 7.05 Å². The van der Waals surface area contributed by atoms with E-state index in [1.165, 1.54) is 0 Å². The molecule has 0 spiro atoms. The van der Waals surface area contributed by atoms with E-state index in [0.29, 0.717) is 16.3 Å². The summed E-state index contributed by atoms with van der Waals surface area (Å²) in [6, 6.07) is 4.80. The Morgan fingerprint density at radius 2 is 2.11 bits per heavy atom. The van der Waals surface area contributed by atoms with Crippen LogP contribution in [0.5, 0.6) is 0 Å². The molecule has 0 bridgehead atoms. The first-order valence-electron chi connectivity index (χ1n) is 5.76. The summed E-state index contributed by atoms with van der Waals surface area (Å²) < 4.78 is 1.72.